The van der Waals surface area contributed by atoms with E-state index in [1.807, 2.05) is 12.1 Å². The summed E-state index contributed by atoms with van der Waals surface area (Å²) in [6, 6.07) is 8.22. The van der Waals surface area contributed by atoms with E-state index in [1.54, 1.807) is 0 Å². The molecule has 0 bridgehead atoms. The van der Waals surface area contributed by atoms with Crippen LogP contribution in [0.1, 0.15) is 31.2 Å². The minimum Gasteiger partial charge on any atom is -0.326 e. The Morgan fingerprint density at radius 2 is 2.27 bits per heavy atom. The van der Waals surface area contributed by atoms with Crippen molar-refractivity contribution < 1.29 is 4.79 Å². The molecule has 0 unspecified atom stereocenters. The number of nitrogens with zero attached hydrogens (tertiary/aromatic N) is 1. The third-order valence-electron chi connectivity index (χ3n) is 5.17. The van der Waals surface area contributed by atoms with Crippen molar-refractivity contribution in [1.29, 1.82) is 0 Å². The molecule has 1 amide bonds. The Hall–Kier alpha value is -1.39. The Balaban J connectivity index is 1.73. The van der Waals surface area contributed by atoms with Crippen LogP contribution in [0.15, 0.2) is 24.3 Å². The van der Waals surface area contributed by atoms with Gasteiger partial charge in [0.15, 0.2) is 0 Å². The molecule has 22 heavy (non-hydrogen) atoms. The number of carbonyl (C=O) groups excluding carboxylic acids is 1. The van der Waals surface area contributed by atoms with E-state index in [2.05, 4.69) is 41.8 Å². The van der Waals surface area contributed by atoms with Crippen molar-refractivity contribution in [2.24, 2.45) is 11.3 Å². The molecule has 1 aliphatic carbocycles. The molecule has 2 aliphatic rings. The summed E-state index contributed by atoms with van der Waals surface area (Å²) in [6.07, 6.45) is 4.64. The summed E-state index contributed by atoms with van der Waals surface area (Å²) >= 11 is 0. The maximum absolute atomic E-state index is 12.9. The van der Waals surface area contributed by atoms with Crippen LogP contribution < -0.4 is 10.6 Å². The van der Waals surface area contributed by atoms with Crippen LogP contribution in [-0.2, 0) is 11.3 Å². The van der Waals surface area contributed by atoms with Crippen molar-refractivity contribution in [3.05, 3.63) is 29.8 Å². The number of hydrogen-bond donors (Lipinski definition) is 2. The van der Waals surface area contributed by atoms with Gasteiger partial charge in [0.05, 0.1) is 5.41 Å². The first-order valence-electron chi connectivity index (χ1n) is 8.36. The minimum absolute atomic E-state index is 0.185. The first-order chi connectivity index (χ1) is 10.6. The number of nitrogens with one attached hydrogen (secondary N) is 2. The average Bonchev–Trinajstić information content (AvgIpc) is 2.92. The van der Waals surface area contributed by atoms with Gasteiger partial charge in [0.2, 0.25) is 5.91 Å². The van der Waals surface area contributed by atoms with Gasteiger partial charge in [0.1, 0.15) is 0 Å². The number of benzene rings is 1. The largest absolute Gasteiger partial charge is 0.326 e. The molecule has 1 aromatic rings. The molecule has 1 aromatic carbocycles. The lowest BCUT2D eigenvalue weighted by atomic mass is 9.67. The monoisotopic (exact) mass is 301 g/mol. The number of fused-ring (bicyclic) bond motifs is 1. The molecule has 2 fully saturated rings. The summed E-state index contributed by atoms with van der Waals surface area (Å²) in [5.74, 6) is 0.718. The molecule has 0 spiro atoms. The second kappa shape index (κ2) is 6.39. The first kappa shape index (κ1) is 15.5. The van der Waals surface area contributed by atoms with Crippen LogP contribution in [0.2, 0.25) is 0 Å². The molecule has 1 heterocycles. The van der Waals surface area contributed by atoms with E-state index in [9.17, 15) is 4.79 Å². The van der Waals surface area contributed by atoms with Crippen molar-refractivity contribution in [2.75, 3.05) is 32.5 Å². The zero-order chi connectivity index (χ0) is 15.6. The van der Waals surface area contributed by atoms with E-state index in [4.69, 9.17) is 0 Å². The highest BCUT2D eigenvalue weighted by atomic mass is 16.2. The summed E-state index contributed by atoms with van der Waals surface area (Å²) in [5.41, 5.74) is 1.97. The fourth-order valence-electron chi connectivity index (χ4n) is 4.06. The Bertz CT molecular complexity index is 543. The van der Waals surface area contributed by atoms with Gasteiger partial charge in [-0.25, -0.2) is 0 Å². The molecular weight excluding hydrogens is 274 g/mol. The highest BCUT2D eigenvalue weighted by Crippen LogP contribution is 2.44. The Morgan fingerprint density at radius 1 is 1.41 bits per heavy atom. The van der Waals surface area contributed by atoms with Crippen LogP contribution in [0.4, 0.5) is 5.69 Å². The maximum Gasteiger partial charge on any atom is 0.232 e. The van der Waals surface area contributed by atoms with Crippen molar-refractivity contribution in [1.82, 2.24) is 10.2 Å². The van der Waals surface area contributed by atoms with Gasteiger partial charge < -0.3 is 15.5 Å². The van der Waals surface area contributed by atoms with Gasteiger partial charge in [-0.1, -0.05) is 25.0 Å². The normalized spacial score (nSPS) is 27.7. The van der Waals surface area contributed by atoms with Crippen LogP contribution in [-0.4, -0.2) is 38.0 Å². The lowest BCUT2D eigenvalue weighted by Crippen LogP contribution is -2.44. The zero-order valence-electron chi connectivity index (χ0n) is 13.7. The van der Waals surface area contributed by atoms with Crippen LogP contribution in [0.3, 0.4) is 0 Å². The molecule has 1 aliphatic heterocycles. The van der Waals surface area contributed by atoms with E-state index in [1.165, 1.54) is 24.8 Å². The van der Waals surface area contributed by atoms with Gasteiger partial charge >= 0.3 is 0 Å². The maximum atomic E-state index is 12.9. The first-order valence-corrected chi connectivity index (χ1v) is 8.36. The number of amides is 1. The smallest absolute Gasteiger partial charge is 0.232 e. The number of carbonyl (C=O) groups is 1. The predicted molar refractivity (Wildman–Crippen MR) is 89.7 cm³/mol. The number of hydrogen-bond acceptors (Lipinski definition) is 3. The molecule has 4 heteroatoms. The van der Waals surface area contributed by atoms with Crippen LogP contribution >= 0.6 is 0 Å². The minimum atomic E-state index is -0.185. The van der Waals surface area contributed by atoms with Crippen molar-refractivity contribution in [2.45, 2.75) is 32.2 Å². The third kappa shape index (κ3) is 3.03. The van der Waals surface area contributed by atoms with Gasteiger partial charge in [0, 0.05) is 18.8 Å². The summed E-state index contributed by atoms with van der Waals surface area (Å²) in [7, 11) is 4.11. The fraction of sp³-hybridized carbons (Fsp3) is 0.611. The molecule has 1 saturated heterocycles. The Morgan fingerprint density at radius 3 is 3.09 bits per heavy atom. The second-order valence-electron chi connectivity index (χ2n) is 7.12. The van der Waals surface area contributed by atoms with Gasteiger partial charge in [-0.2, -0.15) is 0 Å². The standard InChI is InChI=1S/C18H27N3O/c1-21(2)12-14-6-5-8-16(10-14)20-17(22)18-9-4-3-7-15(18)11-19-13-18/h5-6,8,10,15,19H,3-4,7,9,11-13H2,1-2H3,(H,20,22)/t15-,18+/m0/s1. The molecule has 2 atom stereocenters. The molecule has 2 N–H and O–H groups in total. The van der Waals surface area contributed by atoms with Gasteiger partial charge in [0.25, 0.3) is 0 Å². The van der Waals surface area contributed by atoms with Crippen LogP contribution in [0.5, 0.6) is 0 Å². The topological polar surface area (TPSA) is 44.4 Å². The summed E-state index contributed by atoms with van der Waals surface area (Å²) in [4.78, 5) is 15.1. The third-order valence-corrected chi connectivity index (χ3v) is 5.17. The molecule has 0 aromatic heterocycles. The fourth-order valence-corrected chi connectivity index (χ4v) is 4.06. The van der Waals surface area contributed by atoms with E-state index in [0.29, 0.717) is 5.92 Å². The van der Waals surface area contributed by atoms with E-state index < -0.39 is 0 Å². The summed E-state index contributed by atoms with van der Waals surface area (Å²) < 4.78 is 0. The number of anilines is 1. The lowest BCUT2D eigenvalue weighted by molar-refractivity contribution is -0.128. The highest BCUT2D eigenvalue weighted by molar-refractivity contribution is 5.96. The van der Waals surface area contributed by atoms with Crippen molar-refractivity contribution in [3.8, 4) is 0 Å². The Kier molecular flexibility index (Phi) is 4.50. The van der Waals surface area contributed by atoms with Crippen LogP contribution in [0.25, 0.3) is 0 Å². The van der Waals surface area contributed by atoms with E-state index >= 15 is 0 Å². The number of rotatable bonds is 4. The summed E-state index contributed by atoms with van der Waals surface area (Å²) in [5, 5.41) is 6.63. The molecule has 4 nitrogen and oxygen atoms in total. The molecule has 120 valence electrons. The van der Waals surface area contributed by atoms with Crippen LogP contribution in [0, 0.1) is 11.3 Å². The average molecular weight is 301 g/mol. The SMILES string of the molecule is CN(C)Cc1cccc(NC(=O)[C@@]23CCCC[C@H]2CNC3)c1. The molecule has 1 saturated carbocycles. The second-order valence-corrected chi connectivity index (χ2v) is 7.12. The quantitative estimate of drug-likeness (QED) is 0.898. The van der Waals surface area contributed by atoms with Gasteiger partial charge in [-0.15, -0.1) is 0 Å². The van der Waals surface area contributed by atoms with E-state index in [0.717, 1.165) is 31.7 Å². The van der Waals surface area contributed by atoms with Gasteiger partial charge in [-0.05, 0) is 57.1 Å². The molecular formula is C18H27N3O. The molecule has 0 radical (unpaired) electrons. The van der Waals surface area contributed by atoms with Crippen molar-refractivity contribution in [3.63, 3.8) is 0 Å². The summed E-state index contributed by atoms with van der Waals surface area (Å²) in [6.45, 7) is 2.72. The lowest BCUT2D eigenvalue weighted by Gasteiger charge is -2.37. The molecule has 3 rings (SSSR count). The predicted octanol–water partition coefficient (Wildman–Crippen LogP) is 2.47. The van der Waals surface area contributed by atoms with E-state index in [-0.39, 0.29) is 11.3 Å². The zero-order valence-corrected chi connectivity index (χ0v) is 13.7. The van der Waals surface area contributed by atoms with Gasteiger partial charge in [-0.3, -0.25) is 4.79 Å². The van der Waals surface area contributed by atoms with Crippen molar-refractivity contribution >= 4 is 11.6 Å². The Labute approximate surface area is 133 Å². The highest BCUT2D eigenvalue weighted by Gasteiger charge is 2.49.